The SMILES string of the molecule is CC(=O)[C@H]1CC[C@H]2[C@@H]3CC[C@H]4C[C@H](OC(=O)OCCN=C(N)C(C)C)CC[C@]4(C)[C@H]3CC[C@]12C. The number of nitrogens with zero attached hydrogens (tertiary/aromatic N) is 1. The van der Waals surface area contributed by atoms with Crippen LogP contribution < -0.4 is 5.73 Å². The Hall–Kier alpha value is -1.59. The molecular weight excluding hydrogens is 428 g/mol. The second kappa shape index (κ2) is 9.81. The number of aliphatic imine (C=N–C) groups is 1. The second-order valence-corrected chi connectivity index (χ2v) is 12.5. The predicted octanol–water partition coefficient (Wildman–Crippen LogP) is 5.77. The fourth-order valence-corrected chi connectivity index (χ4v) is 8.65. The van der Waals surface area contributed by atoms with Crippen molar-refractivity contribution in [3.8, 4) is 0 Å². The predicted molar refractivity (Wildman–Crippen MR) is 133 cm³/mol. The largest absolute Gasteiger partial charge is 0.508 e. The number of ketones is 1. The molecule has 0 aromatic rings. The molecule has 0 radical (unpaired) electrons. The molecule has 0 aromatic heterocycles. The molecule has 0 aromatic carbocycles. The third kappa shape index (κ3) is 4.63. The smallest absolute Gasteiger partial charge is 0.432 e. The summed E-state index contributed by atoms with van der Waals surface area (Å²) in [5.41, 5.74) is 6.36. The van der Waals surface area contributed by atoms with E-state index in [1.165, 1.54) is 32.1 Å². The van der Waals surface area contributed by atoms with Gasteiger partial charge in [0.15, 0.2) is 0 Å². The van der Waals surface area contributed by atoms with Gasteiger partial charge in [0.25, 0.3) is 0 Å². The van der Waals surface area contributed by atoms with Gasteiger partial charge in [0.05, 0.1) is 12.4 Å². The van der Waals surface area contributed by atoms with Crippen LogP contribution in [-0.2, 0) is 14.3 Å². The first kappa shape index (κ1) is 25.5. The summed E-state index contributed by atoms with van der Waals surface area (Å²) in [5, 5.41) is 0. The van der Waals surface area contributed by atoms with Gasteiger partial charge >= 0.3 is 6.16 Å². The van der Waals surface area contributed by atoms with Gasteiger partial charge in [0, 0.05) is 11.8 Å². The van der Waals surface area contributed by atoms with E-state index in [0.29, 0.717) is 35.4 Å². The molecule has 8 atom stereocenters. The normalized spacial score (nSPS) is 41.9. The van der Waals surface area contributed by atoms with Gasteiger partial charge in [-0.1, -0.05) is 27.7 Å². The van der Waals surface area contributed by atoms with Crippen LogP contribution in [0.2, 0.25) is 0 Å². The van der Waals surface area contributed by atoms with E-state index in [2.05, 4.69) is 18.8 Å². The standard InChI is InChI=1S/C28H46N2O4/c1-17(2)25(29)30-14-15-33-26(32)34-20-10-12-27(4)19(16-20)6-7-21-23-9-8-22(18(3)31)28(23,5)13-11-24(21)27/h17,19-24H,6-16H2,1-5H3,(H2,29,30)/t19-,20+,21-,22+,23-,24-,27-,28+/m0/s1. The minimum Gasteiger partial charge on any atom is -0.432 e. The molecule has 4 rings (SSSR count). The number of hydrogen-bond acceptors (Lipinski definition) is 5. The highest BCUT2D eigenvalue weighted by atomic mass is 16.7. The highest BCUT2D eigenvalue weighted by molar-refractivity contribution is 5.82. The zero-order valence-corrected chi connectivity index (χ0v) is 22.0. The molecule has 4 fully saturated rings. The van der Waals surface area contributed by atoms with Crippen LogP contribution >= 0.6 is 0 Å². The molecule has 4 saturated carbocycles. The maximum Gasteiger partial charge on any atom is 0.508 e. The Morgan fingerprint density at radius 1 is 1.00 bits per heavy atom. The first-order valence-electron chi connectivity index (χ1n) is 13.7. The van der Waals surface area contributed by atoms with Gasteiger partial charge in [-0.25, -0.2) is 4.79 Å². The Bertz CT molecular complexity index is 810. The van der Waals surface area contributed by atoms with Crippen molar-refractivity contribution in [1.29, 1.82) is 0 Å². The highest BCUT2D eigenvalue weighted by Crippen LogP contribution is 2.67. The van der Waals surface area contributed by atoms with Gasteiger partial charge in [0.1, 0.15) is 18.5 Å². The van der Waals surface area contributed by atoms with Crippen molar-refractivity contribution in [3.05, 3.63) is 0 Å². The molecule has 0 aliphatic heterocycles. The van der Waals surface area contributed by atoms with Crippen LogP contribution in [0.4, 0.5) is 4.79 Å². The van der Waals surface area contributed by atoms with E-state index >= 15 is 0 Å². The van der Waals surface area contributed by atoms with Crippen LogP contribution in [0.1, 0.15) is 92.4 Å². The molecule has 0 heterocycles. The van der Waals surface area contributed by atoms with E-state index < -0.39 is 6.16 Å². The van der Waals surface area contributed by atoms with Gasteiger partial charge in [-0.15, -0.1) is 0 Å². The van der Waals surface area contributed by atoms with E-state index in [-0.39, 0.29) is 30.0 Å². The van der Waals surface area contributed by atoms with Crippen LogP contribution in [0.25, 0.3) is 0 Å². The molecule has 0 spiro atoms. The van der Waals surface area contributed by atoms with Crippen molar-refractivity contribution in [3.63, 3.8) is 0 Å². The van der Waals surface area contributed by atoms with Crippen molar-refractivity contribution in [2.24, 2.45) is 57.1 Å². The quantitative estimate of drug-likeness (QED) is 0.228. The number of rotatable bonds is 6. The molecule has 2 N–H and O–H groups in total. The van der Waals surface area contributed by atoms with E-state index in [1.54, 1.807) is 0 Å². The Morgan fingerprint density at radius 3 is 2.41 bits per heavy atom. The monoisotopic (exact) mass is 474 g/mol. The van der Waals surface area contributed by atoms with Crippen LogP contribution in [0.5, 0.6) is 0 Å². The van der Waals surface area contributed by atoms with Crippen LogP contribution in [0.15, 0.2) is 4.99 Å². The number of Topliss-reactive ketones (excluding diaryl/α,β-unsaturated/α-hetero) is 1. The van der Waals surface area contributed by atoms with Crippen molar-refractivity contribution < 1.29 is 19.1 Å². The molecule has 192 valence electrons. The first-order chi connectivity index (χ1) is 16.1. The lowest BCUT2D eigenvalue weighted by Gasteiger charge is -2.61. The molecule has 6 heteroatoms. The zero-order valence-electron chi connectivity index (χ0n) is 22.0. The van der Waals surface area contributed by atoms with Crippen molar-refractivity contribution >= 4 is 17.8 Å². The molecule has 6 nitrogen and oxygen atoms in total. The topological polar surface area (TPSA) is 91.0 Å². The number of ether oxygens (including phenoxy) is 2. The minimum atomic E-state index is -0.574. The Labute approximate surface area is 205 Å². The number of nitrogens with two attached hydrogens (primary N) is 1. The van der Waals surface area contributed by atoms with Crippen molar-refractivity contribution in [2.45, 2.75) is 98.5 Å². The Morgan fingerprint density at radius 2 is 1.71 bits per heavy atom. The molecule has 0 amide bonds. The Kier molecular flexibility index (Phi) is 7.36. The summed E-state index contributed by atoms with van der Waals surface area (Å²) in [6.45, 7) is 11.3. The average Bonchev–Trinajstić information content (AvgIpc) is 3.14. The molecular formula is C28H46N2O4. The van der Waals surface area contributed by atoms with E-state index in [0.717, 1.165) is 37.5 Å². The molecule has 34 heavy (non-hydrogen) atoms. The van der Waals surface area contributed by atoms with Gasteiger partial charge in [0.2, 0.25) is 0 Å². The lowest BCUT2D eigenvalue weighted by Crippen LogP contribution is -2.54. The van der Waals surface area contributed by atoms with Crippen LogP contribution in [-0.4, -0.2) is 37.0 Å². The van der Waals surface area contributed by atoms with E-state index in [4.69, 9.17) is 15.2 Å². The second-order valence-electron chi connectivity index (χ2n) is 12.5. The first-order valence-corrected chi connectivity index (χ1v) is 13.7. The number of carbonyl (C=O) groups is 2. The summed E-state index contributed by atoms with van der Waals surface area (Å²) in [4.78, 5) is 28.8. The number of carbonyl (C=O) groups excluding carboxylic acids is 2. The maximum atomic E-state index is 12.4. The van der Waals surface area contributed by atoms with Gasteiger partial charge in [-0.3, -0.25) is 9.79 Å². The summed E-state index contributed by atoms with van der Waals surface area (Å²) >= 11 is 0. The fraction of sp³-hybridized carbons (Fsp3) is 0.893. The summed E-state index contributed by atoms with van der Waals surface area (Å²) in [5.74, 6) is 4.25. The summed E-state index contributed by atoms with van der Waals surface area (Å²) < 4.78 is 11.0. The third-order valence-electron chi connectivity index (χ3n) is 10.6. The molecule has 0 unspecified atom stereocenters. The van der Waals surface area contributed by atoms with Gasteiger partial charge in [-0.05, 0) is 99.2 Å². The number of amidine groups is 1. The molecule has 0 bridgehead atoms. The number of fused-ring (bicyclic) bond motifs is 5. The zero-order chi connectivity index (χ0) is 24.7. The van der Waals surface area contributed by atoms with Crippen molar-refractivity contribution in [2.75, 3.05) is 13.2 Å². The Balaban J connectivity index is 1.31. The fourth-order valence-electron chi connectivity index (χ4n) is 8.65. The molecule has 4 aliphatic carbocycles. The summed E-state index contributed by atoms with van der Waals surface area (Å²) in [6.07, 6.45) is 9.61. The molecule has 4 aliphatic rings. The lowest BCUT2D eigenvalue weighted by molar-refractivity contribution is -0.139. The van der Waals surface area contributed by atoms with Gasteiger partial charge in [-0.2, -0.15) is 0 Å². The third-order valence-corrected chi connectivity index (χ3v) is 10.6. The van der Waals surface area contributed by atoms with E-state index in [1.807, 2.05) is 20.8 Å². The van der Waals surface area contributed by atoms with E-state index in [9.17, 15) is 9.59 Å². The summed E-state index contributed by atoms with van der Waals surface area (Å²) in [7, 11) is 0. The number of hydrogen-bond donors (Lipinski definition) is 1. The van der Waals surface area contributed by atoms with Gasteiger partial charge < -0.3 is 15.2 Å². The van der Waals surface area contributed by atoms with Crippen LogP contribution in [0.3, 0.4) is 0 Å². The highest BCUT2D eigenvalue weighted by Gasteiger charge is 2.60. The molecule has 0 saturated heterocycles. The van der Waals surface area contributed by atoms with Crippen molar-refractivity contribution in [1.82, 2.24) is 0 Å². The summed E-state index contributed by atoms with van der Waals surface area (Å²) in [6, 6.07) is 0. The lowest BCUT2D eigenvalue weighted by atomic mass is 9.44. The maximum absolute atomic E-state index is 12.4. The van der Waals surface area contributed by atoms with Crippen LogP contribution in [0, 0.1) is 46.3 Å². The minimum absolute atomic E-state index is 0.0474. The average molecular weight is 475 g/mol.